The topological polar surface area (TPSA) is 24.5 Å². The molecule has 0 aromatic heterocycles. The Balaban J connectivity index is 1.90. The number of piperazine rings is 1. The molecule has 2 fully saturated rings. The van der Waals surface area contributed by atoms with E-state index in [-0.39, 0.29) is 0 Å². The van der Waals surface area contributed by atoms with Crippen molar-refractivity contribution in [2.24, 2.45) is 11.8 Å². The van der Waals surface area contributed by atoms with E-state index in [1.807, 2.05) is 0 Å². The van der Waals surface area contributed by atoms with Crippen LogP contribution in [0.25, 0.3) is 0 Å². The summed E-state index contributed by atoms with van der Waals surface area (Å²) < 4.78 is 5.53. The van der Waals surface area contributed by atoms with Gasteiger partial charge in [0, 0.05) is 38.3 Å². The fourth-order valence-electron chi connectivity index (χ4n) is 3.23. The van der Waals surface area contributed by atoms with E-state index in [0.29, 0.717) is 6.04 Å². The van der Waals surface area contributed by atoms with Crippen LogP contribution in [0.5, 0.6) is 0 Å². The Bertz CT molecular complexity index is 237. The lowest BCUT2D eigenvalue weighted by Crippen LogP contribution is -2.58. The molecule has 3 unspecified atom stereocenters. The van der Waals surface area contributed by atoms with Crippen LogP contribution in [0.3, 0.4) is 0 Å². The van der Waals surface area contributed by atoms with Gasteiger partial charge in [0.1, 0.15) is 0 Å². The zero-order valence-corrected chi connectivity index (χ0v) is 12.3. The largest absolute Gasteiger partial charge is 0.381 e. The molecule has 3 heteroatoms. The summed E-state index contributed by atoms with van der Waals surface area (Å²) in [5.74, 6) is 1.50. The molecule has 0 aliphatic carbocycles. The highest BCUT2D eigenvalue weighted by Gasteiger charge is 2.31. The Morgan fingerprint density at radius 3 is 2.83 bits per heavy atom. The second kappa shape index (κ2) is 6.88. The van der Waals surface area contributed by atoms with Gasteiger partial charge in [-0.15, -0.1) is 0 Å². The van der Waals surface area contributed by atoms with Gasteiger partial charge in [-0.2, -0.15) is 0 Å². The number of nitrogens with one attached hydrogen (secondary N) is 1. The van der Waals surface area contributed by atoms with Crippen molar-refractivity contribution >= 4 is 0 Å². The summed E-state index contributed by atoms with van der Waals surface area (Å²) in [6, 6.07) is 1.41. The number of hydrogen-bond donors (Lipinski definition) is 1. The summed E-state index contributed by atoms with van der Waals surface area (Å²) in [5, 5.41) is 3.74. The Morgan fingerprint density at radius 2 is 2.22 bits per heavy atom. The third kappa shape index (κ3) is 3.69. The lowest BCUT2D eigenvalue weighted by atomic mass is 9.96. The normalized spacial score (nSPS) is 34.3. The van der Waals surface area contributed by atoms with Crippen LogP contribution in [0.15, 0.2) is 0 Å². The van der Waals surface area contributed by atoms with Gasteiger partial charge in [0.25, 0.3) is 0 Å². The van der Waals surface area contributed by atoms with Gasteiger partial charge in [-0.3, -0.25) is 4.90 Å². The fraction of sp³-hybridized carbons (Fsp3) is 1.00. The predicted octanol–water partition coefficient (Wildman–Crippen LogP) is 2.12. The molecular weight excluding hydrogens is 224 g/mol. The number of nitrogens with zero attached hydrogens (tertiary/aromatic N) is 1. The zero-order chi connectivity index (χ0) is 13.0. The molecule has 2 aliphatic rings. The van der Waals surface area contributed by atoms with Gasteiger partial charge in [0.2, 0.25) is 0 Å². The smallest absolute Gasteiger partial charge is 0.0507 e. The van der Waals surface area contributed by atoms with E-state index in [1.165, 1.54) is 38.9 Å². The summed E-state index contributed by atoms with van der Waals surface area (Å²) in [7, 11) is 0. The number of ether oxygens (including phenoxy) is 1. The predicted molar refractivity (Wildman–Crippen MR) is 75.8 cm³/mol. The highest BCUT2D eigenvalue weighted by molar-refractivity contribution is 4.88. The maximum absolute atomic E-state index is 5.53. The van der Waals surface area contributed by atoms with Gasteiger partial charge in [-0.1, -0.05) is 27.2 Å². The highest BCUT2D eigenvalue weighted by atomic mass is 16.5. The second-order valence-electron chi connectivity index (χ2n) is 6.38. The average molecular weight is 254 g/mol. The van der Waals surface area contributed by atoms with E-state index in [0.717, 1.165) is 31.1 Å². The van der Waals surface area contributed by atoms with E-state index in [9.17, 15) is 0 Å². The quantitative estimate of drug-likeness (QED) is 0.813. The van der Waals surface area contributed by atoms with E-state index < -0.39 is 0 Å². The average Bonchev–Trinajstić information content (AvgIpc) is 2.84. The first-order chi connectivity index (χ1) is 8.70. The van der Waals surface area contributed by atoms with Gasteiger partial charge in [-0.25, -0.2) is 0 Å². The van der Waals surface area contributed by atoms with Crippen molar-refractivity contribution in [1.29, 1.82) is 0 Å². The standard InChI is InChI=1S/C15H30N2O/c1-4-5-14-8-16-15(12(2)3)10-17(14)9-13-6-7-18-11-13/h12-16H,4-11H2,1-3H3. The van der Waals surface area contributed by atoms with Crippen LogP contribution in [-0.2, 0) is 4.74 Å². The summed E-state index contributed by atoms with van der Waals surface area (Å²) in [5.41, 5.74) is 0. The Morgan fingerprint density at radius 1 is 1.39 bits per heavy atom. The molecule has 2 rings (SSSR count). The first-order valence-corrected chi connectivity index (χ1v) is 7.75. The second-order valence-corrected chi connectivity index (χ2v) is 6.38. The first-order valence-electron chi connectivity index (χ1n) is 7.75. The van der Waals surface area contributed by atoms with Crippen molar-refractivity contribution in [3.63, 3.8) is 0 Å². The van der Waals surface area contributed by atoms with Crippen LogP contribution in [0, 0.1) is 11.8 Å². The minimum absolute atomic E-state index is 0.667. The fourth-order valence-corrected chi connectivity index (χ4v) is 3.23. The van der Waals surface area contributed by atoms with Crippen LogP contribution in [0.4, 0.5) is 0 Å². The molecule has 0 saturated carbocycles. The van der Waals surface area contributed by atoms with Crippen molar-refractivity contribution in [2.75, 3.05) is 32.8 Å². The van der Waals surface area contributed by atoms with Crippen molar-refractivity contribution in [3.05, 3.63) is 0 Å². The Hall–Kier alpha value is -0.120. The van der Waals surface area contributed by atoms with Crippen molar-refractivity contribution in [1.82, 2.24) is 10.2 Å². The zero-order valence-electron chi connectivity index (χ0n) is 12.3. The maximum atomic E-state index is 5.53. The van der Waals surface area contributed by atoms with Gasteiger partial charge < -0.3 is 10.1 Å². The number of rotatable bonds is 5. The van der Waals surface area contributed by atoms with E-state index >= 15 is 0 Å². The van der Waals surface area contributed by atoms with Crippen molar-refractivity contribution in [3.8, 4) is 0 Å². The summed E-state index contributed by atoms with van der Waals surface area (Å²) in [6.45, 7) is 12.5. The molecule has 0 bridgehead atoms. The van der Waals surface area contributed by atoms with Gasteiger partial charge in [0.15, 0.2) is 0 Å². The lowest BCUT2D eigenvalue weighted by molar-refractivity contribution is 0.0846. The molecule has 3 atom stereocenters. The molecule has 106 valence electrons. The molecule has 1 N–H and O–H groups in total. The molecule has 18 heavy (non-hydrogen) atoms. The molecule has 2 aliphatic heterocycles. The molecule has 0 spiro atoms. The Labute approximate surface area is 112 Å². The van der Waals surface area contributed by atoms with Crippen LogP contribution in [-0.4, -0.2) is 49.8 Å². The monoisotopic (exact) mass is 254 g/mol. The molecule has 0 aromatic rings. The summed E-state index contributed by atoms with van der Waals surface area (Å²) in [6.07, 6.45) is 3.87. The highest BCUT2D eigenvalue weighted by Crippen LogP contribution is 2.21. The van der Waals surface area contributed by atoms with Crippen LogP contribution >= 0.6 is 0 Å². The van der Waals surface area contributed by atoms with Gasteiger partial charge in [-0.05, 0) is 24.7 Å². The van der Waals surface area contributed by atoms with Crippen LogP contribution in [0.2, 0.25) is 0 Å². The molecule has 2 heterocycles. The lowest BCUT2D eigenvalue weighted by Gasteiger charge is -2.43. The number of hydrogen-bond acceptors (Lipinski definition) is 3. The third-order valence-electron chi connectivity index (χ3n) is 4.51. The molecule has 0 aromatic carbocycles. The minimum atomic E-state index is 0.667. The van der Waals surface area contributed by atoms with Crippen molar-refractivity contribution < 1.29 is 4.74 Å². The van der Waals surface area contributed by atoms with Crippen LogP contribution in [0.1, 0.15) is 40.0 Å². The summed E-state index contributed by atoms with van der Waals surface area (Å²) >= 11 is 0. The molecule has 2 saturated heterocycles. The Kier molecular flexibility index (Phi) is 5.46. The molecule has 3 nitrogen and oxygen atoms in total. The van der Waals surface area contributed by atoms with Gasteiger partial charge >= 0.3 is 0 Å². The molecule has 0 radical (unpaired) electrons. The molecular formula is C15H30N2O. The summed E-state index contributed by atoms with van der Waals surface area (Å²) in [4.78, 5) is 2.74. The van der Waals surface area contributed by atoms with E-state index in [4.69, 9.17) is 4.74 Å². The van der Waals surface area contributed by atoms with Gasteiger partial charge in [0.05, 0.1) is 6.61 Å². The third-order valence-corrected chi connectivity index (χ3v) is 4.51. The SMILES string of the molecule is CCCC1CNC(C(C)C)CN1CC1CCOC1. The van der Waals surface area contributed by atoms with Crippen LogP contribution < -0.4 is 5.32 Å². The van der Waals surface area contributed by atoms with E-state index in [1.54, 1.807) is 0 Å². The maximum Gasteiger partial charge on any atom is 0.0507 e. The van der Waals surface area contributed by atoms with Crippen molar-refractivity contribution in [2.45, 2.75) is 52.1 Å². The first kappa shape index (κ1) is 14.3. The minimum Gasteiger partial charge on any atom is -0.381 e. The molecule has 0 amide bonds. The van der Waals surface area contributed by atoms with E-state index in [2.05, 4.69) is 31.0 Å².